The largest absolute Gasteiger partial charge is 0.313 e. The highest BCUT2D eigenvalue weighted by Crippen LogP contribution is 2.13. The number of rotatable bonds is 4. The summed E-state index contributed by atoms with van der Waals surface area (Å²) in [7, 11) is 2.20. The van der Waals surface area contributed by atoms with Crippen LogP contribution in [-0.2, 0) is 6.54 Å². The Labute approximate surface area is 106 Å². The lowest BCUT2D eigenvalue weighted by atomic mass is 10.2. The summed E-state index contributed by atoms with van der Waals surface area (Å²) >= 11 is 3.46. The Bertz CT molecular complexity index is 317. The van der Waals surface area contributed by atoms with E-state index in [2.05, 4.69) is 57.5 Å². The van der Waals surface area contributed by atoms with Crippen LogP contribution in [0.2, 0.25) is 0 Å². The van der Waals surface area contributed by atoms with Gasteiger partial charge in [-0.1, -0.05) is 28.1 Å². The Morgan fingerprint density at radius 3 is 2.75 bits per heavy atom. The second-order valence-corrected chi connectivity index (χ2v) is 5.53. The van der Waals surface area contributed by atoms with E-state index in [1.54, 1.807) is 0 Å². The molecule has 0 aromatic heterocycles. The van der Waals surface area contributed by atoms with Gasteiger partial charge in [0.25, 0.3) is 0 Å². The van der Waals surface area contributed by atoms with Crippen molar-refractivity contribution in [3.05, 3.63) is 34.3 Å². The van der Waals surface area contributed by atoms with Gasteiger partial charge in [-0.2, -0.15) is 0 Å². The minimum atomic E-state index is 0.695. The molecule has 2 nitrogen and oxygen atoms in total. The van der Waals surface area contributed by atoms with Crippen LogP contribution in [0.5, 0.6) is 0 Å². The smallest absolute Gasteiger partial charge is 0.0231 e. The Balaban J connectivity index is 1.81. The summed E-state index contributed by atoms with van der Waals surface area (Å²) in [5.74, 6) is 0. The van der Waals surface area contributed by atoms with Gasteiger partial charge in [-0.15, -0.1) is 0 Å². The average molecular weight is 283 g/mol. The van der Waals surface area contributed by atoms with Crippen LogP contribution in [0.4, 0.5) is 0 Å². The van der Waals surface area contributed by atoms with Crippen LogP contribution in [-0.4, -0.2) is 31.1 Å². The fourth-order valence-electron chi connectivity index (χ4n) is 2.25. The van der Waals surface area contributed by atoms with Gasteiger partial charge in [0.1, 0.15) is 0 Å². The molecule has 1 aromatic carbocycles. The summed E-state index contributed by atoms with van der Waals surface area (Å²) in [5.41, 5.74) is 1.38. The molecule has 0 saturated carbocycles. The number of hydrogen-bond acceptors (Lipinski definition) is 2. The third kappa shape index (κ3) is 3.58. The second-order valence-electron chi connectivity index (χ2n) is 4.62. The number of nitrogens with one attached hydrogen (secondary N) is 1. The lowest BCUT2D eigenvalue weighted by Crippen LogP contribution is -2.34. The molecule has 16 heavy (non-hydrogen) atoms. The molecule has 1 aromatic rings. The van der Waals surface area contributed by atoms with Gasteiger partial charge >= 0.3 is 0 Å². The van der Waals surface area contributed by atoms with E-state index < -0.39 is 0 Å². The topological polar surface area (TPSA) is 15.3 Å². The van der Waals surface area contributed by atoms with Crippen molar-refractivity contribution >= 4 is 15.9 Å². The average Bonchev–Trinajstić information content (AvgIpc) is 2.74. The van der Waals surface area contributed by atoms with Gasteiger partial charge in [-0.3, -0.25) is 0 Å². The Hall–Kier alpha value is -0.380. The Kier molecular flexibility index (Phi) is 4.38. The number of likely N-dealkylation sites (N-methyl/N-ethyl adjacent to an activating group) is 1. The second kappa shape index (κ2) is 5.80. The zero-order valence-corrected chi connectivity index (χ0v) is 11.3. The molecule has 1 heterocycles. The lowest BCUT2D eigenvalue weighted by Gasteiger charge is -2.21. The van der Waals surface area contributed by atoms with Gasteiger partial charge in [0.2, 0.25) is 0 Å². The summed E-state index contributed by atoms with van der Waals surface area (Å²) in [4.78, 5) is 2.40. The van der Waals surface area contributed by atoms with Crippen LogP contribution in [0.15, 0.2) is 28.7 Å². The van der Waals surface area contributed by atoms with Crippen LogP contribution >= 0.6 is 15.9 Å². The molecule has 1 atom stereocenters. The van der Waals surface area contributed by atoms with Gasteiger partial charge in [-0.05, 0) is 44.1 Å². The van der Waals surface area contributed by atoms with Crippen molar-refractivity contribution in [3.63, 3.8) is 0 Å². The molecule has 0 radical (unpaired) electrons. The van der Waals surface area contributed by atoms with Gasteiger partial charge in [0.05, 0.1) is 0 Å². The van der Waals surface area contributed by atoms with Crippen molar-refractivity contribution < 1.29 is 0 Å². The molecule has 88 valence electrons. The highest BCUT2D eigenvalue weighted by Gasteiger charge is 2.15. The summed E-state index contributed by atoms with van der Waals surface area (Å²) in [6.45, 7) is 3.37. The zero-order chi connectivity index (χ0) is 11.4. The molecule has 1 N–H and O–H groups in total. The molecule has 2 rings (SSSR count). The first-order chi connectivity index (χ1) is 7.74. The van der Waals surface area contributed by atoms with Crippen molar-refractivity contribution in [2.24, 2.45) is 0 Å². The molecular formula is C13H19BrN2. The highest BCUT2D eigenvalue weighted by atomic mass is 79.9. The van der Waals surface area contributed by atoms with E-state index in [0.717, 1.165) is 17.6 Å². The van der Waals surface area contributed by atoms with Gasteiger partial charge in [0.15, 0.2) is 0 Å². The van der Waals surface area contributed by atoms with Crippen LogP contribution in [0.3, 0.4) is 0 Å². The molecule has 1 aliphatic rings. The monoisotopic (exact) mass is 282 g/mol. The van der Waals surface area contributed by atoms with E-state index >= 15 is 0 Å². The Morgan fingerprint density at radius 1 is 1.38 bits per heavy atom. The van der Waals surface area contributed by atoms with Gasteiger partial charge < -0.3 is 10.2 Å². The van der Waals surface area contributed by atoms with Crippen molar-refractivity contribution in [3.8, 4) is 0 Å². The highest BCUT2D eigenvalue weighted by molar-refractivity contribution is 9.10. The molecular weight excluding hydrogens is 264 g/mol. The van der Waals surface area contributed by atoms with Crippen LogP contribution in [0.25, 0.3) is 0 Å². The maximum absolute atomic E-state index is 3.53. The number of halogens is 1. The minimum absolute atomic E-state index is 0.695. The molecule has 0 bridgehead atoms. The quantitative estimate of drug-likeness (QED) is 0.914. The van der Waals surface area contributed by atoms with E-state index in [4.69, 9.17) is 0 Å². The van der Waals surface area contributed by atoms with E-state index in [1.807, 2.05) is 0 Å². The fourth-order valence-corrected chi connectivity index (χ4v) is 2.52. The van der Waals surface area contributed by atoms with Crippen molar-refractivity contribution in [2.45, 2.75) is 25.4 Å². The maximum atomic E-state index is 3.53. The van der Waals surface area contributed by atoms with Crippen molar-refractivity contribution in [1.82, 2.24) is 10.2 Å². The summed E-state index contributed by atoms with van der Waals surface area (Å²) in [6.07, 6.45) is 2.65. The van der Waals surface area contributed by atoms with E-state index in [0.29, 0.717) is 6.04 Å². The minimum Gasteiger partial charge on any atom is -0.313 e. The number of benzene rings is 1. The first-order valence-electron chi connectivity index (χ1n) is 5.90. The normalized spacial score (nSPS) is 20.6. The lowest BCUT2D eigenvalue weighted by molar-refractivity contribution is 0.293. The van der Waals surface area contributed by atoms with Crippen LogP contribution in [0, 0.1) is 0 Å². The van der Waals surface area contributed by atoms with Gasteiger partial charge in [-0.25, -0.2) is 0 Å². The third-order valence-electron chi connectivity index (χ3n) is 3.06. The van der Waals surface area contributed by atoms with Crippen LogP contribution < -0.4 is 5.32 Å². The van der Waals surface area contributed by atoms with E-state index in [-0.39, 0.29) is 0 Å². The molecule has 0 amide bonds. The maximum Gasteiger partial charge on any atom is 0.0231 e. The zero-order valence-electron chi connectivity index (χ0n) is 9.75. The molecule has 3 heteroatoms. The van der Waals surface area contributed by atoms with E-state index in [9.17, 15) is 0 Å². The Morgan fingerprint density at radius 2 is 2.12 bits per heavy atom. The molecule has 0 aliphatic carbocycles. The number of hydrogen-bond donors (Lipinski definition) is 1. The molecule has 1 fully saturated rings. The van der Waals surface area contributed by atoms with Crippen molar-refractivity contribution in [1.29, 1.82) is 0 Å². The summed E-state index contributed by atoms with van der Waals surface area (Å²) in [6, 6.07) is 9.28. The SMILES string of the molecule is CN(Cc1ccc(Br)cc1)C[C@H]1CCCN1. The summed E-state index contributed by atoms with van der Waals surface area (Å²) < 4.78 is 1.15. The first kappa shape index (κ1) is 12.1. The first-order valence-corrected chi connectivity index (χ1v) is 6.70. The van der Waals surface area contributed by atoms with Gasteiger partial charge in [0, 0.05) is 23.6 Å². The summed E-state index contributed by atoms with van der Waals surface area (Å²) in [5, 5.41) is 3.53. The van der Waals surface area contributed by atoms with E-state index in [1.165, 1.54) is 24.9 Å². The van der Waals surface area contributed by atoms with Crippen LogP contribution in [0.1, 0.15) is 18.4 Å². The number of nitrogens with zero attached hydrogens (tertiary/aromatic N) is 1. The fraction of sp³-hybridized carbons (Fsp3) is 0.538. The molecule has 1 aliphatic heterocycles. The third-order valence-corrected chi connectivity index (χ3v) is 3.59. The molecule has 1 saturated heterocycles. The van der Waals surface area contributed by atoms with Crippen molar-refractivity contribution in [2.75, 3.05) is 20.1 Å². The predicted octanol–water partition coefficient (Wildman–Crippen LogP) is 2.63. The predicted molar refractivity (Wildman–Crippen MR) is 71.5 cm³/mol. The molecule has 0 unspecified atom stereocenters. The standard InChI is InChI=1S/C13H19BrN2/c1-16(10-13-3-2-8-15-13)9-11-4-6-12(14)7-5-11/h4-7,13,15H,2-3,8-10H2,1H3/t13-/m1/s1. The molecule has 0 spiro atoms.